The van der Waals surface area contributed by atoms with Crippen LogP contribution in [0.1, 0.15) is 6.92 Å². The molecule has 6 nitrogen and oxygen atoms in total. The first-order valence-corrected chi connectivity index (χ1v) is 5.27. The summed E-state index contributed by atoms with van der Waals surface area (Å²) in [5.41, 5.74) is 0.737. The lowest BCUT2D eigenvalue weighted by molar-refractivity contribution is -0.383. The Morgan fingerprint density at radius 1 is 1.33 bits per heavy atom. The highest BCUT2D eigenvalue weighted by Gasteiger charge is 2.15. The topological polar surface area (TPSA) is 77.2 Å². The number of nitrogens with one attached hydrogen (secondary N) is 1. The first-order chi connectivity index (χ1) is 8.58. The Balaban J connectivity index is 2.46. The van der Waals surface area contributed by atoms with Gasteiger partial charge in [0.1, 0.15) is 5.69 Å². The Morgan fingerprint density at radius 2 is 2.00 bits per heavy atom. The van der Waals surface area contributed by atoms with Gasteiger partial charge in [0.25, 0.3) is 5.69 Å². The number of nitrogens with zero attached hydrogens (tertiary/aromatic N) is 2. The standard InChI is InChI=1S/C12H11N3O3/c1-9(16)13-11-5-4-10(8-12(11)15(17)18)14-6-2-3-7-14/h2-8H,1H3,(H,13,16). The molecule has 0 aliphatic carbocycles. The van der Waals surface area contributed by atoms with Crippen molar-refractivity contribution in [3.8, 4) is 5.69 Å². The maximum Gasteiger partial charge on any atom is 0.294 e. The first-order valence-electron chi connectivity index (χ1n) is 5.27. The average molecular weight is 245 g/mol. The van der Waals surface area contributed by atoms with Crippen LogP contribution < -0.4 is 5.32 Å². The minimum atomic E-state index is -0.516. The van der Waals surface area contributed by atoms with Crippen molar-refractivity contribution in [3.05, 3.63) is 52.8 Å². The molecule has 1 heterocycles. The predicted octanol–water partition coefficient (Wildman–Crippen LogP) is 2.34. The van der Waals surface area contributed by atoms with E-state index in [1.54, 1.807) is 23.0 Å². The van der Waals surface area contributed by atoms with Gasteiger partial charge < -0.3 is 9.88 Å². The molecule has 1 aromatic carbocycles. The Hall–Kier alpha value is -2.63. The summed E-state index contributed by atoms with van der Waals surface area (Å²) in [5.74, 6) is -0.341. The van der Waals surface area contributed by atoms with Crippen molar-refractivity contribution in [3.63, 3.8) is 0 Å². The molecule has 0 saturated heterocycles. The van der Waals surface area contributed by atoms with Crippen LogP contribution >= 0.6 is 0 Å². The first kappa shape index (κ1) is 11.8. The van der Waals surface area contributed by atoms with Gasteiger partial charge in [0.15, 0.2) is 0 Å². The highest BCUT2D eigenvalue weighted by atomic mass is 16.6. The summed E-state index contributed by atoms with van der Waals surface area (Å²) in [7, 11) is 0. The van der Waals surface area contributed by atoms with Crippen LogP contribution in [0.5, 0.6) is 0 Å². The fourth-order valence-electron chi connectivity index (χ4n) is 1.63. The monoisotopic (exact) mass is 245 g/mol. The molecule has 0 saturated carbocycles. The molecule has 1 aromatic heterocycles. The normalized spacial score (nSPS) is 10.1. The quantitative estimate of drug-likeness (QED) is 0.666. The molecule has 0 fully saturated rings. The number of nitro benzene ring substituents is 1. The molecule has 2 aromatic rings. The molecule has 2 rings (SSSR count). The number of nitro groups is 1. The maximum absolute atomic E-state index is 11.0. The molecule has 0 radical (unpaired) electrons. The largest absolute Gasteiger partial charge is 0.324 e. The third-order valence-corrected chi connectivity index (χ3v) is 2.39. The zero-order valence-corrected chi connectivity index (χ0v) is 9.66. The van der Waals surface area contributed by atoms with E-state index in [-0.39, 0.29) is 17.3 Å². The Labute approximate surface area is 103 Å². The summed E-state index contributed by atoms with van der Waals surface area (Å²) in [5, 5.41) is 13.4. The lowest BCUT2D eigenvalue weighted by atomic mass is 10.2. The summed E-state index contributed by atoms with van der Waals surface area (Å²) >= 11 is 0. The van der Waals surface area contributed by atoms with E-state index >= 15 is 0 Å². The van der Waals surface area contributed by atoms with Gasteiger partial charge in [-0.15, -0.1) is 0 Å². The molecule has 0 unspecified atom stereocenters. The van der Waals surface area contributed by atoms with E-state index in [0.29, 0.717) is 5.69 Å². The lowest BCUT2D eigenvalue weighted by Crippen LogP contribution is -2.08. The number of benzene rings is 1. The van der Waals surface area contributed by atoms with Gasteiger partial charge >= 0.3 is 0 Å². The van der Waals surface area contributed by atoms with Crippen LogP contribution in [0.3, 0.4) is 0 Å². The zero-order valence-electron chi connectivity index (χ0n) is 9.66. The molecule has 92 valence electrons. The van der Waals surface area contributed by atoms with Crippen LogP contribution in [0.25, 0.3) is 5.69 Å². The van der Waals surface area contributed by atoms with Gasteiger partial charge in [0, 0.05) is 25.4 Å². The van der Waals surface area contributed by atoms with Crippen LogP contribution in [0.15, 0.2) is 42.7 Å². The Bertz CT molecular complexity index is 591. The number of anilines is 1. The average Bonchev–Trinajstić information content (AvgIpc) is 2.82. The Morgan fingerprint density at radius 3 is 2.56 bits per heavy atom. The van der Waals surface area contributed by atoms with Crippen LogP contribution in [0.2, 0.25) is 0 Å². The summed E-state index contributed by atoms with van der Waals surface area (Å²) in [6.07, 6.45) is 3.58. The molecule has 0 spiro atoms. The van der Waals surface area contributed by atoms with Gasteiger partial charge in [-0.25, -0.2) is 0 Å². The summed E-state index contributed by atoms with van der Waals surface area (Å²) in [6, 6.07) is 8.31. The summed E-state index contributed by atoms with van der Waals surface area (Å²) < 4.78 is 1.75. The van der Waals surface area contributed by atoms with Crippen molar-refractivity contribution in [2.75, 3.05) is 5.32 Å². The van der Waals surface area contributed by atoms with E-state index in [1.165, 1.54) is 19.1 Å². The van der Waals surface area contributed by atoms with E-state index in [0.717, 1.165) is 0 Å². The van der Waals surface area contributed by atoms with Crippen molar-refractivity contribution in [2.24, 2.45) is 0 Å². The second kappa shape index (κ2) is 4.70. The molecule has 1 N–H and O–H groups in total. The smallest absolute Gasteiger partial charge is 0.294 e. The molecule has 0 aliphatic heterocycles. The van der Waals surface area contributed by atoms with Gasteiger partial charge in [-0.2, -0.15) is 0 Å². The van der Waals surface area contributed by atoms with Gasteiger partial charge in [-0.05, 0) is 24.3 Å². The van der Waals surface area contributed by atoms with E-state index < -0.39 is 4.92 Å². The number of hydrogen-bond donors (Lipinski definition) is 1. The van der Waals surface area contributed by atoms with E-state index in [9.17, 15) is 14.9 Å². The third-order valence-electron chi connectivity index (χ3n) is 2.39. The molecular weight excluding hydrogens is 234 g/mol. The second-order valence-corrected chi connectivity index (χ2v) is 3.73. The van der Waals surface area contributed by atoms with Gasteiger partial charge in [0.2, 0.25) is 5.91 Å². The van der Waals surface area contributed by atoms with Crippen molar-refractivity contribution in [1.82, 2.24) is 4.57 Å². The van der Waals surface area contributed by atoms with E-state index in [2.05, 4.69) is 5.32 Å². The zero-order chi connectivity index (χ0) is 13.1. The predicted molar refractivity (Wildman–Crippen MR) is 66.7 cm³/mol. The number of rotatable bonds is 3. The number of hydrogen-bond acceptors (Lipinski definition) is 3. The van der Waals surface area contributed by atoms with Crippen LogP contribution in [-0.2, 0) is 4.79 Å². The molecular formula is C12H11N3O3. The van der Waals surface area contributed by atoms with E-state index in [4.69, 9.17) is 0 Å². The van der Waals surface area contributed by atoms with Crippen molar-refractivity contribution in [1.29, 1.82) is 0 Å². The molecule has 6 heteroatoms. The summed E-state index contributed by atoms with van der Waals surface area (Å²) in [6.45, 7) is 1.31. The van der Waals surface area contributed by atoms with Crippen molar-refractivity contribution < 1.29 is 9.72 Å². The molecule has 0 bridgehead atoms. The minimum Gasteiger partial charge on any atom is -0.324 e. The highest BCUT2D eigenvalue weighted by Crippen LogP contribution is 2.27. The van der Waals surface area contributed by atoms with Gasteiger partial charge in [-0.3, -0.25) is 14.9 Å². The molecule has 0 aliphatic rings. The number of amides is 1. The molecule has 18 heavy (non-hydrogen) atoms. The van der Waals surface area contributed by atoms with Crippen molar-refractivity contribution >= 4 is 17.3 Å². The lowest BCUT2D eigenvalue weighted by Gasteiger charge is -2.07. The maximum atomic E-state index is 11.0. The Kier molecular flexibility index (Phi) is 3.09. The summed E-state index contributed by atoms with van der Waals surface area (Å²) in [4.78, 5) is 21.4. The fraction of sp³-hybridized carbons (Fsp3) is 0.0833. The highest BCUT2D eigenvalue weighted by molar-refractivity contribution is 5.91. The van der Waals surface area contributed by atoms with Gasteiger partial charge in [0.05, 0.1) is 10.6 Å². The van der Waals surface area contributed by atoms with Crippen LogP contribution in [-0.4, -0.2) is 15.4 Å². The third kappa shape index (κ3) is 2.37. The van der Waals surface area contributed by atoms with Crippen molar-refractivity contribution in [2.45, 2.75) is 6.92 Å². The number of aromatic nitrogens is 1. The molecule has 1 amide bonds. The van der Waals surface area contributed by atoms with Gasteiger partial charge in [-0.1, -0.05) is 0 Å². The number of carbonyl (C=O) groups excluding carboxylic acids is 1. The minimum absolute atomic E-state index is 0.128. The SMILES string of the molecule is CC(=O)Nc1ccc(-n2cccc2)cc1[N+](=O)[O-]. The fourth-order valence-corrected chi connectivity index (χ4v) is 1.63. The van der Waals surface area contributed by atoms with E-state index in [1.807, 2.05) is 12.1 Å². The van der Waals surface area contributed by atoms with Crippen LogP contribution in [0, 0.1) is 10.1 Å². The second-order valence-electron chi connectivity index (χ2n) is 3.73. The number of carbonyl (C=O) groups is 1. The molecule has 0 atom stereocenters. The van der Waals surface area contributed by atoms with Crippen LogP contribution in [0.4, 0.5) is 11.4 Å².